The number of nitrogens with one attached hydrogen (secondary N) is 3. The molecule has 3 amide bonds. The van der Waals surface area contributed by atoms with Gasteiger partial charge in [0.15, 0.2) is 0 Å². The highest BCUT2D eigenvalue weighted by Gasteiger charge is 2.25. The van der Waals surface area contributed by atoms with Crippen LogP contribution in [0.5, 0.6) is 0 Å². The van der Waals surface area contributed by atoms with Gasteiger partial charge in [-0.15, -0.1) is 0 Å². The molecule has 2 atom stereocenters. The van der Waals surface area contributed by atoms with E-state index >= 15 is 0 Å². The lowest BCUT2D eigenvalue weighted by Crippen LogP contribution is -2.53. The number of alkyl carbamates (subject to hydrolysis) is 2. The molecule has 8 nitrogen and oxygen atoms in total. The number of rotatable bonds is 10. The SMILES string of the molecule is CC(C)[C@@H](CNC(=O)[C@H](Cc1ccccc1)NC(=O)OCc1ccccc1)NC(=O)OC(C)(C)C. The van der Waals surface area contributed by atoms with Gasteiger partial charge in [0.05, 0.1) is 6.04 Å². The molecule has 2 aromatic carbocycles. The predicted octanol–water partition coefficient (Wildman–Crippen LogP) is 4.19. The van der Waals surface area contributed by atoms with Crippen LogP contribution in [0.1, 0.15) is 45.7 Å². The van der Waals surface area contributed by atoms with Crippen LogP contribution in [0.15, 0.2) is 60.7 Å². The lowest BCUT2D eigenvalue weighted by molar-refractivity contribution is -0.123. The van der Waals surface area contributed by atoms with Gasteiger partial charge in [0.1, 0.15) is 18.2 Å². The molecule has 0 radical (unpaired) electrons. The first-order chi connectivity index (χ1) is 16.5. The second-order valence-electron chi connectivity index (χ2n) is 9.69. The third-order valence-electron chi connectivity index (χ3n) is 5.11. The van der Waals surface area contributed by atoms with E-state index in [2.05, 4.69) is 16.0 Å². The normalized spacial score (nSPS) is 12.9. The summed E-state index contributed by atoms with van der Waals surface area (Å²) in [5.41, 5.74) is 1.11. The van der Waals surface area contributed by atoms with Crippen LogP contribution in [-0.2, 0) is 27.3 Å². The smallest absolute Gasteiger partial charge is 0.408 e. The zero-order chi connectivity index (χ0) is 25.8. The number of carbonyl (C=O) groups is 3. The van der Waals surface area contributed by atoms with Crippen molar-refractivity contribution < 1.29 is 23.9 Å². The Morgan fingerprint density at radius 3 is 1.94 bits per heavy atom. The molecule has 0 spiro atoms. The maximum atomic E-state index is 13.1. The maximum absolute atomic E-state index is 13.1. The van der Waals surface area contributed by atoms with Gasteiger partial charge in [-0.1, -0.05) is 74.5 Å². The molecule has 0 saturated carbocycles. The van der Waals surface area contributed by atoms with Crippen molar-refractivity contribution in [3.63, 3.8) is 0 Å². The van der Waals surface area contributed by atoms with E-state index < -0.39 is 23.8 Å². The van der Waals surface area contributed by atoms with Crippen molar-refractivity contribution in [3.05, 3.63) is 71.8 Å². The van der Waals surface area contributed by atoms with Gasteiger partial charge in [-0.05, 0) is 37.8 Å². The van der Waals surface area contributed by atoms with Crippen LogP contribution < -0.4 is 16.0 Å². The minimum absolute atomic E-state index is 0.0409. The molecule has 0 unspecified atom stereocenters. The monoisotopic (exact) mass is 483 g/mol. The van der Waals surface area contributed by atoms with Gasteiger partial charge in [0, 0.05) is 13.0 Å². The van der Waals surface area contributed by atoms with Crippen LogP contribution in [0.25, 0.3) is 0 Å². The minimum Gasteiger partial charge on any atom is -0.445 e. The van der Waals surface area contributed by atoms with E-state index in [1.54, 1.807) is 20.8 Å². The Balaban J connectivity index is 2.00. The van der Waals surface area contributed by atoms with Crippen LogP contribution in [-0.4, -0.2) is 42.3 Å². The summed E-state index contributed by atoms with van der Waals surface area (Å²) in [6.45, 7) is 9.52. The Labute approximate surface area is 207 Å². The Morgan fingerprint density at radius 2 is 1.40 bits per heavy atom. The lowest BCUT2D eigenvalue weighted by atomic mass is 10.0. The van der Waals surface area contributed by atoms with Crippen molar-refractivity contribution in [1.82, 2.24) is 16.0 Å². The molecule has 0 aromatic heterocycles. The molecule has 2 rings (SSSR count). The summed E-state index contributed by atoms with van der Waals surface area (Å²) in [4.78, 5) is 37.7. The largest absolute Gasteiger partial charge is 0.445 e. The van der Waals surface area contributed by atoms with Gasteiger partial charge in [-0.3, -0.25) is 4.79 Å². The number of hydrogen-bond acceptors (Lipinski definition) is 5. The molecule has 0 heterocycles. The molecule has 0 aliphatic carbocycles. The van der Waals surface area contributed by atoms with Gasteiger partial charge in [-0.25, -0.2) is 9.59 Å². The molecule has 3 N–H and O–H groups in total. The van der Waals surface area contributed by atoms with Crippen molar-refractivity contribution in [1.29, 1.82) is 0 Å². The number of carbonyl (C=O) groups excluding carboxylic acids is 3. The summed E-state index contributed by atoms with van der Waals surface area (Å²) in [6, 6.07) is 17.5. The van der Waals surface area contributed by atoms with E-state index in [0.29, 0.717) is 6.42 Å². The molecule has 0 aliphatic rings. The molecule has 0 bridgehead atoms. The number of ether oxygens (including phenoxy) is 2. The minimum atomic E-state index is -0.852. The molecule has 0 aliphatic heterocycles. The fourth-order valence-electron chi connectivity index (χ4n) is 3.21. The van der Waals surface area contributed by atoms with Gasteiger partial charge in [-0.2, -0.15) is 0 Å². The van der Waals surface area contributed by atoms with E-state index in [1.165, 1.54) is 0 Å². The molecular formula is C27H37N3O5. The van der Waals surface area contributed by atoms with E-state index in [4.69, 9.17) is 9.47 Å². The number of hydrogen-bond donors (Lipinski definition) is 3. The third kappa shape index (κ3) is 10.9. The van der Waals surface area contributed by atoms with Gasteiger partial charge >= 0.3 is 12.2 Å². The topological polar surface area (TPSA) is 106 Å². The Hall–Kier alpha value is -3.55. The first kappa shape index (κ1) is 27.7. The Bertz CT molecular complexity index is 942. The Morgan fingerprint density at radius 1 is 0.829 bits per heavy atom. The van der Waals surface area contributed by atoms with Crippen LogP contribution in [0.4, 0.5) is 9.59 Å². The summed E-state index contributed by atoms with van der Waals surface area (Å²) in [5.74, 6) is -0.332. The van der Waals surface area contributed by atoms with E-state index in [9.17, 15) is 14.4 Å². The first-order valence-electron chi connectivity index (χ1n) is 11.8. The average molecular weight is 484 g/mol. The van der Waals surface area contributed by atoms with E-state index in [-0.39, 0.29) is 31.0 Å². The number of amides is 3. The van der Waals surface area contributed by atoms with Crippen molar-refractivity contribution in [2.75, 3.05) is 6.54 Å². The van der Waals surface area contributed by atoms with Crippen LogP contribution in [0.2, 0.25) is 0 Å². The van der Waals surface area contributed by atoms with Crippen molar-refractivity contribution in [2.45, 2.75) is 65.3 Å². The molecular weight excluding hydrogens is 446 g/mol. The third-order valence-corrected chi connectivity index (χ3v) is 5.11. The molecule has 0 fully saturated rings. The van der Waals surface area contributed by atoms with E-state index in [1.807, 2.05) is 74.5 Å². The zero-order valence-electron chi connectivity index (χ0n) is 21.2. The summed E-state index contributed by atoms with van der Waals surface area (Å²) in [7, 11) is 0. The highest BCUT2D eigenvalue weighted by molar-refractivity contribution is 5.86. The molecule has 190 valence electrons. The molecule has 35 heavy (non-hydrogen) atoms. The summed E-state index contributed by atoms with van der Waals surface area (Å²) >= 11 is 0. The van der Waals surface area contributed by atoms with Gasteiger partial charge in [0.2, 0.25) is 5.91 Å². The highest BCUT2D eigenvalue weighted by Crippen LogP contribution is 2.09. The molecule has 0 saturated heterocycles. The van der Waals surface area contributed by atoms with Gasteiger partial charge < -0.3 is 25.4 Å². The summed E-state index contributed by atoms with van der Waals surface area (Å²) < 4.78 is 10.6. The summed E-state index contributed by atoms with van der Waals surface area (Å²) in [5, 5.41) is 8.34. The zero-order valence-corrected chi connectivity index (χ0v) is 21.2. The maximum Gasteiger partial charge on any atom is 0.408 e. The summed E-state index contributed by atoms with van der Waals surface area (Å²) in [6.07, 6.45) is -0.940. The van der Waals surface area contributed by atoms with Crippen LogP contribution >= 0.6 is 0 Å². The van der Waals surface area contributed by atoms with E-state index in [0.717, 1.165) is 11.1 Å². The quantitative estimate of drug-likeness (QED) is 0.470. The molecule has 8 heteroatoms. The Kier molecular flexibility index (Phi) is 10.6. The first-order valence-corrected chi connectivity index (χ1v) is 11.8. The second kappa shape index (κ2) is 13.4. The highest BCUT2D eigenvalue weighted by atomic mass is 16.6. The van der Waals surface area contributed by atoms with Crippen molar-refractivity contribution >= 4 is 18.1 Å². The second-order valence-corrected chi connectivity index (χ2v) is 9.69. The predicted molar refractivity (Wildman–Crippen MR) is 135 cm³/mol. The lowest BCUT2D eigenvalue weighted by Gasteiger charge is -2.27. The standard InChI is InChI=1S/C27H37N3O5/c1-19(2)23(30-26(33)35-27(3,4)5)17-28-24(31)22(16-20-12-8-6-9-13-20)29-25(32)34-18-21-14-10-7-11-15-21/h6-15,19,22-23H,16-18H2,1-5H3,(H,28,31)(H,29,32)(H,30,33)/t22-,23+/m0/s1. The van der Waals surface area contributed by atoms with Crippen LogP contribution in [0.3, 0.4) is 0 Å². The van der Waals surface area contributed by atoms with Crippen molar-refractivity contribution in [2.24, 2.45) is 5.92 Å². The fraction of sp³-hybridized carbons (Fsp3) is 0.444. The number of benzene rings is 2. The van der Waals surface area contributed by atoms with Crippen LogP contribution in [0, 0.1) is 5.92 Å². The average Bonchev–Trinajstić information content (AvgIpc) is 2.79. The van der Waals surface area contributed by atoms with Crippen molar-refractivity contribution in [3.8, 4) is 0 Å². The van der Waals surface area contributed by atoms with Gasteiger partial charge in [0.25, 0.3) is 0 Å². The fourth-order valence-corrected chi connectivity index (χ4v) is 3.21. The molecule has 2 aromatic rings.